The van der Waals surface area contributed by atoms with Gasteiger partial charge in [0.15, 0.2) is 27.2 Å². The van der Waals surface area contributed by atoms with Crippen LogP contribution in [-0.2, 0) is 14.6 Å². The molecular formula is C34H31N7O5S. The number of hydrogen-bond donors (Lipinski definition) is 2. The molecule has 13 heteroatoms. The van der Waals surface area contributed by atoms with Crippen molar-refractivity contribution in [3.63, 3.8) is 0 Å². The molecule has 3 aromatic heterocycles. The topological polar surface area (TPSA) is 164 Å². The van der Waals surface area contributed by atoms with Crippen LogP contribution in [0.25, 0.3) is 28.0 Å². The van der Waals surface area contributed by atoms with E-state index in [1.165, 1.54) is 18.5 Å². The summed E-state index contributed by atoms with van der Waals surface area (Å²) in [6, 6.07) is 22.7. The van der Waals surface area contributed by atoms with E-state index in [2.05, 4.69) is 25.3 Å². The lowest BCUT2D eigenvalue weighted by Gasteiger charge is -2.16. The van der Waals surface area contributed by atoms with Gasteiger partial charge in [-0.15, -0.1) is 0 Å². The smallest absolute Gasteiger partial charge is 0.322 e. The number of nitrogens with zero attached hydrogens (tertiary/aromatic N) is 5. The minimum Gasteiger partial charge on any atom is -0.493 e. The van der Waals surface area contributed by atoms with E-state index in [1.54, 1.807) is 55.8 Å². The van der Waals surface area contributed by atoms with Crippen molar-refractivity contribution >= 4 is 38.3 Å². The molecule has 3 N–H and O–H groups in total. The van der Waals surface area contributed by atoms with E-state index in [4.69, 9.17) is 15.2 Å². The van der Waals surface area contributed by atoms with Crippen molar-refractivity contribution in [2.24, 2.45) is 0 Å². The number of methoxy groups -OCH3 is 1. The van der Waals surface area contributed by atoms with E-state index in [0.717, 1.165) is 22.5 Å². The second kappa shape index (κ2) is 12.9. The molecular weight excluding hydrogens is 618 g/mol. The number of rotatable bonds is 10. The molecule has 238 valence electrons. The summed E-state index contributed by atoms with van der Waals surface area (Å²) in [5.41, 5.74) is 12.2. The number of nitrogens with one attached hydrogen (secondary N) is 1. The molecule has 47 heavy (non-hydrogen) atoms. The Kier molecular flexibility index (Phi) is 8.55. The van der Waals surface area contributed by atoms with Crippen LogP contribution in [0.4, 0.5) is 11.5 Å². The summed E-state index contributed by atoms with van der Waals surface area (Å²) >= 11 is 0. The molecule has 6 aromatic rings. The fourth-order valence-corrected chi connectivity index (χ4v) is 6.51. The van der Waals surface area contributed by atoms with E-state index in [9.17, 15) is 13.2 Å². The number of ether oxygens (including phenoxy) is 2. The van der Waals surface area contributed by atoms with Crippen molar-refractivity contribution in [3.8, 4) is 34.5 Å². The van der Waals surface area contributed by atoms with E-state index in [1.807, 2.05) is 42.7 Å². The molecule has 3 aromatic carbocycles. The van der Waals surface area contributed by atoms with Crippen LogP contribution in [0, 0.1) is 13.8 Å². The Labute approximate surface area is 271 Å². The molecule has 1 amide bonds. The molecule has 0 saturated heterocycles. The van der Waals surface area contributed by atoms with Crippen LogP contribution < -0.4 is 20.5 Å². The number of aromatic nitrogens is 5. The van der Waals surface area contributed by atoms with Crippen molar-refractivity contribution in [2.75, 3.05) is 23.9 Å². The number of sulfone groups is 1. The lowest BCUT2D eigenvalue weighted by atomic mass is 10.1. The zero-order valence-corrected chi connectivity index (χ0v) is 26.7. The van der Waals surface area contributed by atoms with Crippen LogP contribution in [0.5, 0.6) is 17.5 Å². The zero-order valence-electron chi connectivity index (χ0n) is 25.8. The summed E-state index contributed by atoms with van der Waals surface area (Å²) in [5.74, 6) is 0.467. The first-order valence-corrected chi connectivity index (χ1v) is 16.3. The average Bonchev–Trinajstić information content (AvgIpc) is 3.38. The predicted octanol–water partition coefficient (Wildman–Crippen LogP) is 5.68. The Balaban J connectivity index is 1.30. The van der Waals surface area contributed by atoms with Crippen LogP contribution in [0.1, 0.15) is 17.7 Å². The van der Waals surface area contributed by atoms with Crippen molar-refractivity contribution < 1.29 is 22.7 Å². The lowest BCUT2D eigenvalue weighted by Crippen LogP contribution is -2.17. The van der Waals surface area contributed by atoms with Gasteiger partial charge in [0.25, 0.3) is 0 Å². The second-order valence-corrected chi connectivity index (χ2v) is 12.8. The number of carbonyl (C=O) groups is 1. The van der Waals surface area contributed by atoms with Gasteiger partial charge in [0.2, 0.25) is 5.91 Å². The van der Waals surface area contributed by atoms with Gasteiger partial charge in [-0.25, -0.2) is 28.4 Å². The standard InChI is InChI=1S/C34H31N7O5S/c1-21-15-17-36-34(39-21)46-27-14-13-25(19-28(27)45-3)41-31(22(2)30-32(41)33(35)38-20-37-30)23-9-11-24(12-10-23)40-29(42)16-18-47(43,44)26-7-5-4-6-8-26/h4-15,17,19-20H,16,18H2,1-3H3,(H,40,42)(H2,35,37,38). The van der Waals surface area contributed by atoms with Crippen LogP contribution in [-0.4, -0.2) is 51.7 Å². The first kappa shape index (κ1) is 31.2. The first-order chi connectivity index (χ1) is 22.6. The number of aryl methyl sites for hydroxylation is 2. The molecule has 0 spiro atoms. The highest BCUT2D eigenvalue weighted by Gasteiger charge is 2.22. The van der Waals surface area contributed by atoms with Crippen molar-refractivity contribution in [3.05, 3.63) is 103 Å². The Morgan fingerprint density at radius 3 is 2.43 bits per heavy atom. The van der Waals surface area contributed by atoms with Gasteiger partial charge in [-0.3, -0.25) is 4.79 Å². The highest BCUT2D eigenvalue weighted by Crippen LogP contribution is 2.40. The number of nitrogens with two attached hydrogens (primary N) is 1. The number of fused-ring (bicyclic) bond motifs is 1. The van der Waals surface area contributed by atoms with E-state index in [0.29, 0.717) is 39.7 Å². The number of nitrogen functional groups attached to an aromatic ring is 1. The lowest BCUT2D eigenvalue weighted by molar-refractivity contribution is -0.115. The Hall–Kier alpha value is -5.82. The molecule has 0 aliphatic carbocycles. The summed E-state index contributed by atoms with van der Waals surface area (Å²) in [6.45, 7) is 3.80. The highest BCUT2D eigenvalue weighted by molar-refractivity contribution is 7.91. The average molecular weight is 650 g/mol. The van der Waals surface area contributed by atoms with Gasteiger partial charge < -0.3 is 25.1 Å². The predicted molar refractivity (Wildman–Crippen MR) is 179 cm³/mol. The summed E-state index contributed by atoms with van der Waals surface area (Å²) in [5, 5.41) is 2.79. The maximum Gasteiger partial charge on any atom is 0.322 e. The van der Waals surface area contributed by atoms with Crippen LogP contribution in [0.3, 0.4) is 0 Å². The SMILES string of the molecule is COc1cc(-n2c(-c3ccc(NC(=O)CCS(=O)(=O)c4ccccc4)cc3)c(C)c3ncnc(N)c32)ccc1Oc1nccc(C)n1. The number of benzene rings is 3. The molecule has 0 aliphatic rings. The summed E-state index contributed by atoms with van der Waals surface area (Å²) < 4.78 is 38.8. The summed E-state index contributed by atoms with van der Waals surface area (Å²) in [4.78, 5) is 30.1. The molecule has 6 rings (SSSR count). The van der Waals surface area contributed by atoms with E-state index in [-0.39, 0.29) is 23.1 Å². The zero-order chi connectivity index (χ0) is 33.1. The molecule has 0 aliphatic heterocycles. The third-order valence-electron chi connectivity index (χ3n) is 7.53. The van der Waals surface area contributed by atoms with Gasteiger partial charge in [-0.1, -0.05) is 30.3 Å². The third-order valence-corrected chi connectivity index (χ3v) is 9.26. The molecule has 0 fully saturated rings. The number of hydrogen-bond acceptors (Lipinski definition) is 10. The van der Waals surface area contributed by atoms with Gasteiger partial charge in [-0.2, -0.15) is 0 Å². The Bertz CT molecular complexity index is 2200. The van der Waals surface area contributed by atoms with Gasteiger partial charge >= 0.3 is 6.01 Å². The first-order valence-electron chi connectivity index (χ1n) is 14.6. The number of amides is 1. The van der Waals surface area contributed by atoms with Crippen molar-refractivity contribution in [1.29, 1.82) is 0 Å². The Morgan fingerprint density at radius 1 is 0.936 bits per heavy atom. The molecule has 0 saturated carbocycles. The fourth-order valence-electron chi connectivity index (χ4n) is 5.24. The van der Waals surface area contributed by atoms with E-state index < -0.39 is 15.7 Å². The summed E-state index contributed by atoms with van der Waals surface area (Å²) in [7, 11) is -2.03. The van der Waals surface area contributed by atoms with Crippen molar-refractivity contribution in [1.82, 2.24) is 24.5 Å². The normalized spacial score (nSPS) is 11.4. The van der Waals surface area contributed by atoms with Gasteiger partial charge in [0.05, 0.1) is 34.7 Å². The quantitative estimate of drug-likeness (QED) is 0.189. The molecule has 0 unspecified atom stereocenters. The highest BCUT2D eigenvalue weighted by atomic mass is 32.2. The third kappa shape index (κ3) is 6.47. The maximum absolute atomic E-state index is 12.7. The van der Waals surface area contributed by atoms with Crippen LogP contribution in [0.2, 0.25) is 0 Å². The van der Waals surface area contributed by atoms with Crippen molar-refractivity contribution in [2.45, 2.75) is 25.2 Å². The molecule has 0 radical (unpaired) electrons. The molecule has 0 bridgehead atoms. The molecule has 0 atom stereocenters. The molecule has 3 heterocycles. The minimum atomic E-state index is -3.58. The van der Waals surface area contributed by atoms with E-state index >= 15 is 0 Å². The maximum atomic E-state index is 12.7. The largest absolute Gasteiger partial charge is 0.493 e. The number of anilines is 2. The monoisotopic (exact) mass is 649 g/mol. The van der Waals surface area contributed by atoms with Crippen LogP contribution >= 0.6 is 0 Å². The minimum absolute atomic E-state index is 0.179. The fraction of sp³-hybridized carbons (Fsp3) is 0.147. The summed E-state index contributed by atoms with van der Waals surface area (Å²) in [6.07, 6.45) is 2.87. The second-order valence-electron chi connectivity index (χ2n) is 10.7. The Morgan fingerprint density at radius 2 is 1.70 bits per heavy atom. The van der Waals surface area contributed by atoms with Gasteiger partial charge in [-0.05, 0) is 61.9 Å². The number of carbonyl (C=O) groups excluding carboxylic acids is 1. The van der Waals surface area contributed by atoms with Crippen LogP contribution in [0.15, 0.2) is 96.3 Å². The van der Waals surface area contributed by atoms with Gasteiger partial charge in [0, 0.05) is 35.6 Å². The molecule has 12 nitrogen and oxygen atoms in total. The van der Waals surface area contributed by atoms with Gasteiger partial charge in [0.1, 0.15) is 11.8 Å².